The predicted molar refractivity (Wildman–Crippen MR) is 75.4 cm³/mol. The molecule has 0 radical (unpaired) electrons. The van der Waals surface area contributed by atoms with Gasteiger partial charge in [0.15, 0.2) is 5.75 Å². The molecule has 0 heterocycles. The van der Waals surface area contributed by atoms with Gasteiger partial charge in [-0.15, -0.1) is 0 Å². The van der Waals surface area contributed by atoms with Gasteiger partial charge in [0.1, 0.15) is 0 Å². The lowest BCUT2D eigenvalue weighted by Crippen LogP contribution is -2.11. The topological polar surface area (TPSA) is 72.5 Å². The van der Waals surface area contributed by atoms with E-state index in [-0.39, 0.29) is 27.1 Å². The zero-order valence-electron chi connectivity index (χ0n) is 10.2. The number of hydrogen-bond acceptors (Lipinski definition) is 4. The highest BCUT2D eigenvalue weighted by molar-refractivity contribution is 7.92. The van der Waals surface area contributed by atoms with Crippen LogP contribution < -0.4 is 9.46 Å². The molecule has 0 bridgehead atoms. The van der Waals surface area contributed by atoms with Crippen LogP contribution in [0.2, 0.25) is 10.0 Å². The van der Waals surface area contributed by atoms with Crippen molar-refractivity contribution in [3.05, 3.63) is 34.3 Å². The van der Waals surface area contributed by atoms with Gasteiger partial charge in [0, 0.05) is 5.57 Å². The summed E-state index contributed by atoms with van der Waals surface area (Å²) in [5, 5.41) is 0.0153. The van der Waals surface area contributed by atoms with E-state index in [0.717, 1.165) is 6.26 Å². The summed E-state index contributed by atoms with van der Waals surface area (Å²) in [7, 11) is -3.45. The zero-order chi connectivity index (χ0) is 14.8. The van der Waals surface area contributed by atoms with Gasteiger partial charge in [-0.3, -0.25) is 4.72 Å². The number of ether oxygens (including phenoxy) is 1. The zero-order valence-corrected chi connectivity index (χ0v) is 12.5. The fourth-order valence-electron chi connectivity index (χ4n) is 1.11. The molecule has 0 unspecified atom stereocenters. The third-order valence-corrected chi connectivity index (χ3v) is 3.01. The highest BCUT2D eigenvalue weighted by Crippen LogP contribution is 2.36. The summed E-state index contributed by atoms with van der Waals surface area (Å²) in [4.78, 5) is 11.4. The van der Waals surface area contributed by atoms with Gasteiger partial charge in [0.2, 0.25) is 10.0 Å². The molecule has 0 aliphatic heterocycles. The molecule has 0 aliphatic rings. The van der Waals surface area contributed by atoms with Crippen LogP contribution in [-0.4, -0.2) is 20.6 Å². The molecular formula is C11H11Cl2NO4S. The van der Waals surface area contributed by atoms with E-state index in [1.165, 1.54) is 19.1 Å². The van der Waals surface area contributed by atoms with Gasteiger partial charge >= 0.3 is 5.97 Å². The van der Waals surface area contributed by atoms with Crippen molar-refractivity contribution in [1.82, 2.24) is 0 Å². The first-order valence-corrected chi connectivity index (χ1v) is 7.59. The number of anilines is 1. The van der Waals surface area contributed by atoms with Crippen molar-refractivity contribution >= 4 is 44.9 Å². The van der Waals surface area contributed by atoms with Crippen LogP contribution in [0.4, 0.5) is 5.69 Å². The van der Waals surface area contributed by atoms with E-state index in [4.69, 9.17) is 27.9 Å². The van der Waals surface area contributed by atoms with Crippen LogP contribution in [0.5, 0.6) is 5.75 Å². The Morgan fingerprint density at radius 1 is 1.32 bits per heavy atom. The minimum Gasteiger partial charge on any atom is -0.420 e. The van der Waals surface area contributed by atoms with Gasteiger partial charge in [0.25, 0.3) is 0 Å². The fourth-order valence-corrected chi connectivity index (χ4v) is 2.22. The predicted octanol–water partition coefficient (Wildman–Crippen LogP) is 2.85. The number of carbonyl (C=O) groups excluding carboxylic acids is 1. The molecule has 19 heavy (non-hydrogen) atoms. The minimum atomic E-state index is -3.45. The van der Waals surface area contributed by atoms with Gasteiger partial charge in [-0.25, -0.2) is 13.2 Å². The summed E-state index contributed by atoms with van der Waals surface area (Å²) in [6, 6.07) is 2.57. The van der Waals surface area contributed by atoms with E-state index in [9.17, 15) is 13.2 Å². The van der Waals surface area contributed by atoms with E-state index in [1.54, 1.807) is 0 Å². The summed E-state index contributed by atoms with van der Waals surface area (Å²) in [5.41, 5.74) is 0.359. The molecule has 0 fully saturated rings. The van der Waals surface area contributed by atoms with E-state index in [1.807, 2.05) is 0 Å². The Balaban J connectivity index is 3.11. The Kier molecular flexibility index (Phi) is 4.84. The molecule has 0 saturated carbocycles. The van der Waals surface area contributed by atoms with Crippen molar-refractivity contribution < 1.29 is 17.9 Å². The molecule has 0 saturated heterocycles. The number of rotatable bonds is 4. The lowest BCUT2D eigenvalue weighted by atomic mass is 10.3. The van der Waals surface area contributed by atoms with Gasteiger partial charge < -0.3 is 4.74 Å². The van der Waals surface area contributed by atoms with Crippen molar-refractivity contribution in [1.29, 1.82) is 0 Å². The van der Waals surface area contributed by atoms with Crippen molar-refractivity contribution in [2.75, 3.05) is 11.0 Å². The van der Waals surface area contributed by atoms with Crippen LogP contribution in [0, 0.1) is 0 Å². The maximum absolute atomic E-state index is 11.4. The summed E-state index contributed by atoms with van der Waals surface area (Å²) < 4.78 is 29.3. The van der Waals surface area contributed by atoms with Crippen LogP contribution >= 0.6 is 23.2 Å². The summed E-state index contributed by atoms with van der Waals surface area (Å²) in [6.07, 6.45) is 0.990. The lowest BCUT2D eigenvalue weighted by Gasteiger charge is -2.11. The molecule has 0 amide bonds. The standard InChI is InChI=1S/C11H11Cl2NO4S/c1-6(2)11(15)18-10-8(12)4-7(5-9(10)13)14-19(3,16)17/h4-5,14H,1H2,2-3H3. The lowest BCUT2D eigenvalue weighted by molar-refractivity contribution is -0.130. The molecule has 1 rings (SSSR count). The average Bonchev–Trinajstić information content (AvgIpc) is 2.20. The van der Waals surface area contributed by atoms with Crippen molar-refractivity contribution in [2.24, 2.45) is 0 Å². The number of hydrogen-bond donors (Lipinski definition) is 1. The van der Waals surface area contributed by atoms with Gasteiger partial charge in [-0.1, -0.05) is 29.8 Å². The smallest absolute Gasteiger partial charge is 0.338 e. The van der Waals surface area contributed by atoms with Gasteiger partial charge in [-0.05, 0) is 19.1 Å². The van der Waals surface area contributed by atoms with Crippen LogP contribution in [-0.2, 0) is 14.8 Å². The first kappa shape index (κ1) is 15.8. The highest BCUT2D eigenvalue weighted by Gasteiger charge is 2.15. The Morgan fingerprint density at radius 2 is 1.79 bits per heavy atom. The molecule has 8 heteroatoms. The van der Waals surface area contributed by atoms with Crippen LogP contribution in [0.25, 0.3) is 0 Å². The van der Waals surface area contributed by atoms with E-state index in [2.05, 4.69) is 11.3 Å². The van der Waals surface area contributed by atoms with E-state index < -0.39 is 16.0 Å². The number of esters is 1. The van der Waals surface area contributed by atoms with Crippen LogP contribution in [0.3, 0.4) is 0 Å². The van der Waals surface area contributed by atoms with E-state index >= 15 is 0 Å². The maximum Gasteiger partial charge on any atom is 0.338 e. The summed E-state index contributed by atoms with van der Waals surface area (Å²) in [6.45, 7) is 4.90. The quantitative estimate of drug-likeness (QED) is 0.525. The Bertz CT molecular complexity index is 617. The Morgan fingerprint density at radius 3 is 2.16 bits per heavy atom. The Hall–Kier alpha value is -1.24. The second-order valence-electron chi connectivity index (χ2n) is 3.81. The fraction of sp³-hybridized carbons (Fsp3) is 0.182. The van der Waals surface area contributed by atoms with Crippen molar-refractivity contribution in [3.8, 4) is 5.75 Å². The molecule has 0 spiro atoms. The van der Waals surface area contributed by atoms with Gasteiger partial charge in [0.05, 0.1) is 22.0 Å². The third kappa shape index (κ3) is 4.74. The van der Waals surface area contributed by atoms with E-state index in [0.29, 0.717) is 0 Å². The minimum absolute atomic E-state index is 0.00764. The number of halogens is 2. The molecule has 1 aromatic rings. The number of benzene rings is 1. The SMILES string of the molecule is C=C(C)C(=O)Oc1c(Cl)cc(NS(C)(=O)=O)cc1Cl. The summed E-state index contributed by atoms with van der Waals surface area (Å²) in [5.74, 6) is -0.719. The molecule has 0 aliphatic carbocycles. The van der Waals surface area contributed by atoms with Crippen molar-refractivity contribution in [2.45, 2.75) is 6.92 Å². The summed E-state index contributed by atoms with van der Waals surface area (Å²) >= 11 is 11.8. The maximum atomic E-state index is 11.4. The second kappa shape index (κ2) is 5.81. The first-order valence-electron chi connectivity index (χ1n) is 4.94. The Labute approximate surface area is 121 Å². The number of nitrogens with one attached hydrogen (secondary N) is 1. The van der Waals surface area contributed by atoms with Gasteiger partial charge in [-0.2, -0.15) is 0 Å². The molecule has 104 valence electrons. The number of sulfonamides is 1. The van der Waals surface area contributed by atoms with Crippen molar-refractivity contribution in [3.63, 3.8) is 0 Å². The molecule has 1 aromatic carbocycles. The third-order valence-electron chi connectivity index (χ3n) is 1.84. The molecule has 1 N–H and O–H groups in total. The second-order valence-corrected chi connectivity index (χ2v) is 6.38. The molecule has 5 nitrogen and oxygen atoms in total. The van der Waals surface area contributed by atoms with Crippen LogP contribution in [0.15, 0.2) is 24.3 Å². The number of carbonyl (C=O) groups is 1. The highest BCUT2D eigenvalue weighted by atomic mass is 35.5. The average molecular weight is 324 g/mol. The molecule has 0 atom stereocenters. The van der Waals surface area contributed by atoms with Crippen LogP contribution in [0.1, 0.15) is 6.92 Å². The monoisotopic (exact) mass is 323 g/mol. The molecular weight excluding hydrogens is 313 g/mol. The molecule has 0 aromatic heterocycles. The first-order chi connectivity index (χ1) is 8.60. The normalized spacial score (nSPS) is 10.9. The largest absolute Gasteiger partial charge is 0.420 e.